The Morgan fingerprint density at radius 1 is 0.926 bits per heavy atom. The van der Waals surface area contributed by atoms with Gasteiger partial charge in [-0.05, 0) is 31.0 Å². The number of aromatic hydroxyl groups is 1. The highest BCUT2D eigenvalue weighted by Crippen LogP contribution is 2.39. The molecule has 2 aromatic carbocycles. The van der Waals surface area contributed by atoms with E-state index in [0.29, 0.717) is 23.3 Å². The first-order chi connectivity index (χ1) is 13.0. The number of aromatic nitrogens is 3. The fraction of sp³-hybridized carbons (Fsp3) is 0.211. The van der Waals surface area contributed by atoms with Gasteiger partial charge in [0.25, 0.3) is 0 Å². The Hall–Kier alpha value is -3.55. The number of ether oxygens (including phenoxy) is 2. The number of anilines is 4. The lowest BCUT2D eigenvalue weighted by Crippen LogP contribution is -2.04. The molecular weight excluding hydrogens is 346 g/mol. The Morgan fingerprint density at radius 2 is 1.67 bits per heavy atom. The van der Waals surface area contributed by atoms with E-state index in [0.717, 1.165) is 16.8 Å². The molecular formula is C19H21N5O3. The number of benzene rings is 2. The monoisotopic (exact) mass is 367 g/mol. The molecule has 8 nitrogen and oxygen atoms in total. The van der Waals surface area contributed by atoms with Crippen molar-refractivity contribution in [2.75, 3.05) is 24.9 Å². The number of methoxy groups -OCH3 is 2. The van der Waals surface area contributed by atoms with Gasteiger partial charge in [-0.2, -0.15) is 4.98 Å². The van der Waals surface area contributed by atoms with Gasteiger partial charge in [0.15, 0.2) is 11.5 Å². The van der Waals surface area contributed by atoms with Crippen LogP contribution in [0.5, 0.6) is 17.2 Å². The molecule has 0 spiro atoms. The molecule has 0 bridgehead atoms. The second-order valence-corrected chi connectivity index (χ2v) is 5.93. The van der Waals surface area contributed by atoms with Crippen molar-refractivity contribution in [3.63, 3.8) is 0 Å². The molecule has 0 aliphatic heterocycles. The van der Waals surface area contributed by atoms with Crippen LogP contribution < -0.4 is 20.1 Å². The van der Waals surface area contributed by atoms with Gasteiger partial charge in [-0.25, -0.2) is 9.97 Å². The quantitative estimate of drug-likeness (QED) is 0.606. The van der Waals surface area contributed by atoms with Crippen LogP contribution in [0.4, 0.5) is 23.3 Å². The Labute approximate surface area is 157 Å². The summed E-state index contributed by atoms with van der Waals surface area (Å²) in [6.45, 7) is 4.03. The molecule has 0 radical (unpaired) electrons. The number of hydrogen-bond acceptors (Lipinski definition) is 8. The minimum Gasteiger partial charge on any atom is -0.504 e. The fourth-order valence-corrected chi connectivity index (χ4v) is 2.55. The maximum absolute atomic E-state index is 10.1. The van der Waals surface area contributed by atoms with Gasteiger partial charge >= 0.3 is 0 Å². The molecule has 3 aromatic rings. The highest BCUT2D eigenvalue weighted by atomic mass is 16.5. The number of aryl methyl sites for hydroxylation is 2. The summed E-state index contributed by atoms with van der Waals surface area (Å²) in [5.74, 6) is 1.33. The molecule has 27 heavy (non-hydrogen) atoms. The van der Waals surface area contributed by atoms with Crippen LogP contribution in [-0.2, 0) is 0 Å². The minimum atomic E-state index is -0.0536. The van der Waals surface area contributed by atoms with E-state index in [-0.39, 0.29) is 11.5 Å². The summed E-state index contributed by atoms with van der Waals surface area (Å²) in [4.78, 5) is 12.6. The zero-order valence-corrected chi connectivity index (χ0v) is 15.6. The van der Waals surface area contributed by atoms with E-state index in [2.05, 4.69) is 25.6 Å². The molecule has 0 saturated heterocycles. The molecule has 3 N–H and O–H groups in total. The summed E-state index contributed by atoms with van der Waals surface area (Å²) in [5.41, 5.74) is 3.70. The summed E-state index contributed by atoms with van der Waals surface area (Å²) in [6, 6.07) is 9.29. The number of phenols is 1. The van der Waals surface area contributed by atoms with Crippen molar-refractivity contribution in [1.29, 1.82) is 0 Å². The normalized spacial score (nSPS) is 10.4. The van der Waals surface area contributed by atoms with Gasteiger partial charge in [-0.1, -0.05) is 12.1 Å². The average Bonchev–Trinajstić information content (AvgIpc) is 2.64. The highest BCUT2D eigenvalue weighted by Gasteiger charge is 2.13. The maximum Gasteiger partial charge on any atom is 0.232 e. The molecule has 0 aliphatic carbocycles. The topological polar surface area (TPSA) is 101 Å². The van der Waals surface area contributed by atoms with Crippen LogP contribution >= 0.6 is 0 Å². The van der Waals surface area contributed by atoms with Crippen LogP contribution in [0.2, 0.25) is 0 Å². The molecule has 140 valence electrons. The molecule has 0 aliphatic rings. The lowest BCUT2D eigenvalue weighted by atomic mass is 10.1. The minimum absolute atomic E-state index is 0.0536. The molecule has 0 atom stereocenters. The fourth-order valence-electron chi connectivity index (χ4n) is 2.55. The van der Waals surface area contributed by atoms with Crippen molar-refractivity contribution in [3.8, 4) is 17.2 Å². The smallest absolute Gasteiger partial charge is 0.232 e. The summed E-state index contributed by atoms with van der Waals surface area (Å²) >= 11 is 0. The lowest BCUT2D eigenvalue weighted by Gasteiger charge is -2.13. The Bertz CT molecular complexity index is 962. The molecule has 0 saturated carbocycles. The standard InChI is InChI=1S/C19H21N5O3/c1-11-5-6-12(2)14(7-11)23-19-21-10-20-18(24-19)22-13-8-15(25)17(27-4)16(9-13)26-3/h5-10,25H,1-4H3,(H2,20,21,22,23,24). The molecule has 3 rings (SSSR count). The van der Waals surface area contributed by atoms with Crippen LogP contribution in [0.1, 0.15) is 11.1 Å². The van der Waals surface area contributed by atoms with Crippen LogP contribution in [0, 0.1) is 13.8 Å². The molecule has 0 amide bonds. The predicted molar refractivity (Wildman–Crippen MR) is 104 cm³/mol. The number of phenolic OH excluding ortho intramolecular Hbond substituents is 1. The number of nitrogens with one attached hydrogen (secondary N) is 2. The number of hydrogen-bond donors (Lipinski definition) is 3. The van der Waals surface area contributed by atoms with Crippen molar-refractivity contribution in [2.45, 2.75) is 13.8 Å². The van der Waals surface area contributed by atoms with E-state index in [1.54, 1.807) is 6.07 Å². The number of nitrogens with zero attached hydrogens (tertiary/aromatic N) is 3. The Kier molecular flexibility index (Phi) is 5.25. The molecule has 0 unspecified atom stereocenters. The van der Waals surface area contributed by atoms with Gasteiger partial charge in [0, 0.05) is 23.5 Å². The largest absolute Gasteiger partial charge is 0.504 e. The van der Waals surface area contributed by atoms with Crippen molar-refractivity contribution >= 4 is 23.3 Å². The van der Waals surface area contributed by atoms with Crippen LogP contribution in [0.15, 0.2) is 36.7 Å². The van der Waals surface area contributed by atoms with E-state index in [9.17, 15) is 5.11 Å². The van der Waals surface area contributed by atoms with Crippen molar-refractivity contribution < 1.29 is 14.6 Å². The van der Waals surface area contributed by atoms with Gasteiger partial charge in [0.2, 0.25) is 17.6 Å². The average molecular weight is 367 g/mol. The predicted octanol–water partition coefficient (Wildman–Crippen LogP) is 3.70. The summed E-state index contributed by atoms with van der Waals surface area (Å²) in [5, 5.41) is 16.3. The summed E-state index contributed by atoms with van der Waals surface area (Å²) in [7, 11) is 2.96. The van der Waals surface area contributed by atoms with Gasteiger partial charge < -0.3 is 25.2 Å². The zero-order valence-electron chi connectivity index (χ0n) is 15.6. The van der Waals surface area contributed by atoms with Crippen molar-refractivity contribution in [1.82, 2.24) is 15.0 Å². The van der Waals surface area contributed by atoms with Crippen LogP contribution in [-0.4, -0.2) is 34.3 Å². The van der Waals surface area contributed by atoms with Gasteiger partial charge in [0.05, 0.1) is 14.2 Å². The highest BCUT2D eigenvalue weighted by molar-refractivity contribution is 5.66. The lowest BCUT2D eigenvalue weighted by molar-refractivity contribution is 0.333. The third-order valence-corrected chi connectivity index (χ3v) is 3.93. The third-order valence-electron chi connectivity index (χ3n) is 3.93. The summed E-state index contributed by atoms with van der Waals surface area (Å²) in [6.07, 6.45) is 1.41. The number of rotatable bonds is 6. The van der Waals surface area contributed by atoms with E-state index in [1.807, 2.05) is 32.0 Å². The SMILES string of the molecule is COc1cc(Nc2ncnc(Nc3cc(C)ccc3C)n2)cc(O)c1OC. The first-order valence-electron chi connectivity index (χ1n) is 8.25. The van der Waals surface area contributed by atoms with E-state index in [4.69, 9.17) is 9.47 Å². The van der Waals surface area contributed by atoms with E-state index >= 15 is 0 Å². The first-order valence-corrected chi connectivity index (χ1v) is 8.25. The Balaban J connectivity index is 1.84. The van der Waals surface area contributed by atoms with E-state index in [1.165, 1.54) is 26.6 Å². The molecule has 1 heterocycles. The second-order valence-electron chi connectivity index (χ2n) is 5.93. The molecule has 1 aromatic heterocycles. The van der Waals surface area contributed by atoms with Gasteiger partial charge in [-0.15, -0.1) is 0 Å². The first kappa shape index (κ1) is 18.2. The maximum atomic E-state index is 10.1. The van der Waals surface area contributed by atoms with E-state index < -0.39 is 0 Å². The molecule has 8 heteroatoms. The zero-order chi connectivity index (χ0) is 19.4. The van der Waals surface area contributed by atoms with Crippen LogP contribution in [0.3, 0.4) is 0 Å². The second kappa shape index (κ2) is 7.77. The molecule has 0 fully saturated rings. The van der Waals surface area contributed by atoms with Gasteiger partial charge in [-0.3, -0.25) is 0 Å². The third kappa shape index (κ3) is 4.17. The van der Waals surface area contributed by atoms with Gasteiger partial charge in [0.1, 0.15) is 6.33 Å². The van der Waals surface area contributed by atoms with Crippen molar-refractivity contribution in [3.05, 3.63) is 47.8 Å². The summed E-state index contributed by atoms with van der Waals surface area (Å²) < 4.78 is 10.4. The van der Waals surface area contributed by atoms with Crippen molar-refractivity contribution in [2.24, 2.45) is 0 Å². The Morgan fingerprint density at radius 3 is 2.37 bits per heavy atom. The van der Waals surface area contributed by atoms with Crippen LogP contribution in [0.25, 0.3) is 0 Å².